The van der Waals surface area contributed by atoms with Gasteiger partial charge in [0.25, 0.3) is 0 Å². The lowest BCUT2D eigenvalue weighted by Crippen LogP contribution is -2.50. The lowest BCUT2D eigenvalue weighted by atomic mass is 9.91. The van der Waals surface area contributed by atoms with Gasteiger partial charge in [-0.15, -0.1) is 0 Å². The molecule has 0 bridgehead atoms. The van der Waals surface area contributed by atoms with Crippen molar-refractivity contribution in [1.82, 2.24) is 15.1 Å². The van der Waals surface area contributed by atoms with Gasteiger partial charge in [0.2, 0.25) is 5.91 Å². The molecule has 0 aromatic carbocycles. The summed E-state index contributed by atoms with van der Waals surface area (Å²) in [6, 6.07) is -0.0672. The largest absolute Gasteiger partial charge is 0.473 e. The van der Waals surface area contributed by atoms with Crippen LogP contribution >= 0.6 is 0 Å². The summed E-state index contributed by atoms with van der Waals surface area (Å²) in [6.45, 7) is 10.1. The van der Waals surface area contributed by atoms with Crippen LogP contribution in [0.5, 0.6) is 0 Å². The minimum atomic E-state index is -1.82. The number of hydrogen-bond donors (Lipinski definition) is 3. The van der Waals surface area contributed by atoms with E-state index >= 15 is 0 Å². The maximum absolute atomic E-state index is 12.3. The van der Waals surface area contributed by atoms with Gasteiger partial charge >= 0.3 is 11.9 Å². The molecule has 1 saturated heterocycles. The van der Waals surface area contributed by atoms with Gasteiger partial charge in [-0.1, -0.05) is 13.8 Å². The normalized spacial score (nSPS) is 21.7. The average Bonchev–Trinajstić information content (AvgIpc) is 2.45. The van der Waals surface area contributed by atoms with Crippen molar-refractivity contribution in [3.05, 3.63) is 0 Å². The molecular formula is C16H31N3O5. The molecule has 24 heavy (non-hydrogen) atoms. The minimum absolute atomic E-state index is 0.0672. The molecule has 8 heteroatoms. The molecular weight excluding hydrogens is 314 g/mol. The number of carbonyl (C=O) groups excluding carboxylic acids is 1. The van der Waals surface area contributed by atoms with Crippen LogP contribution in [0.4, 0.5) is 0 Å². The van der Waals surface area contributed by atoms with E-state index in [-0.39, 0.29) is 11.9 Å². The van der Waals surface area contributed by atoms with E-state index in [1.54, 1.807) is 0 Å². The third-order valence-corrected chi connectivity index (χ3v) is 3.74. The third-order valence-electron chi connectivity index (χ3n) is 3.74. The standard InChI is InChI=1S/C14H29N3O.C2H2O4/c1-11-8-12(2)10-17(9-11)14(18)13(3)15-6-7-16(4)5;3-1(4)2(5)6/h11-13,15H,6-10H2,1-5H3;(H,3,4)(H,5,6). The van der Waals surface area contributed by atoms with E-state index < -0.39 is 11.9 Å². The molecule has 1 rings (SSSR count). The second-order valence-electron chi connectivity index (χ2n) is 6.78. The van der Waals surface area contributed by atoms with Gasteiger partial charge in [0.05, 0.1) is 6.04 Å². The Morgan fingerprint density at radius 1 is 1.12 bits per heavy atom. The van der Waals surface area contributed by atoms with E-state index in [9.17, 15) is 4.79 Å². The summed E-state index contributed by atoms with van der Waals surface area (Å²) in [6.07, 6.45) is 1.24. The number of likely N-dealkylation sites (tertiary alicyclic amines) is 1. The number of nitrogens with zero attached hydrogens (tertiary/aromatic N) is 2. The van der Waals surface area contributed by atoms with Gasteiger partial charge in [0, 0.05) is 26.2 Å². The van der Waals surface area contributed by atoms with Crippen LogP contribution in [0.15, 0.2) is 0 Å². The van der Waals surface area contributed by atoms with E-state index in [1.165, 1.54) is 6.42 Å². The zero-order chi connectivity index (χ0) is 18.9. The maximum Gasteiger partial charge on any atom is 0.414 e. The van der Waals surface area contributed by atoms with E-state index in [0.29, 0.717) is 11.8 Å². The predicted molar refractivity (Wildman–Crippen MR) is 90.8 cm³/mol. The first-order valence-corrected chi connectivity index (χ1v) is 8.17. The fourth-order valence-electron chi connectivity index (χ4n) is 2.71. The summed E-state index contributed by atoms with van der Waals surface area (Å²) >= 11 is 0. The highest BCUT2D eigenvalue weighted by Crippen LogP contribution is 2.21. The van der Waals surface area contributed by atoms with E-state index in [2.05, 4.69) is 24.1 Å². The Balaban J connectivity index is 0.000000754. The van der Waals surface area contributed by atoms with Crippen LogP contribution in [0.25, 0.3) is 0 Å². The number of carboxylic acids is 2. The van der Waals surface area contributed by atoms with Gasteiger partial charge in [0.15, 0.2) is 0 Å². The molecule has 0 spiro atoms. The molecule has 8 nitrogen and oxygen atoms in total. The van der Waals surface area contributed by atoms with Crippen molar-refractivity contribution >= 4 is 17.8 Å². The predicted octanol–water partition coefficient (Wildman–Crippen LogP) is 0.186. The zero-order valence-corrected chi connectivity index (χ0v) is 15.3. The number of likely N-dealkylation sites (N-methyl/N-ethyl adjacent to an activating group) is 1. The summed E-state index contributed by atoms with van der Waals surface area (Å²) < 4.78 is 0. The lowest BCUT2D eigenvalue weighted by Gasteiger charge is -2.36. The Bertz CT molecular complexity index is 406. The topological polar surface area (TPSA) is 110 Å². The molecule has 3 unspecified atom stereocenters. The molecule has 1 aliphatic rings. The minimum Gasteiger partial charge on any atom is -0.473 e. The Kier molecular flexibility index (Phi) is 10.2. The van der Waals surface area contributed by atoms with Crippen LogP contribution in [0, 0.1) is 11.8 Å². The lowest BCUT2D eigenvalue weighted by molar-refractivity contribution is -0.159. The summed E-state index contributed by atoms with van der Waals surface area (Å²) in [7, 11) is 4.09. The number of piperidine rings is 1. The molecule has 1 amide bonds. The van der Waals surface area contributed by atoms with Crippen LogP contribution in [0.1, 0.15) is 27.2 Å². The fourth-order valence-corrected chi connectivity index (χ4v) is 2.71. The molecule has 140 valence electrons. The number of hydrogen-bond acceptors (Lipinski definition) is 5. The number of aliphatic carboxylic acids is 2. The van der Waals surface area contributed by atoms with Crippen molar-refractivity contribution in [3.63, 3.8) is 0 Å². The van der Waals surface area contributed by atoms with Gasteiger partial charge < -0.3 is 25.3 Å². The molecule has 0 aromatic rings. The van der Waals surface area contributed by atoms with Gasteiger partial charge in [-0.05, 0) is 39.3 Å². The molecule has 3 N–H and O–H groups in total. The second kappa shape index (κ2) is 11.0. The number of carboxylic acid groups (broad SMARTS) is 2. The number of amides is 1. The molecule has 1 aliphatic heterocycles. The first kappa shape index (κ1) is 22.3. The molecule has 0 aromatic heterocycles. The fraction of sp³-hybridized carbons (Fsp3) is 0.812. The highest BCUT2D eigenvalue weighted by molar-refractivity contribution is 6.27. The highest BCUT2D eigenvalue weighted by Gasteiger charge is 2.27. The second-order valence-corrected chi connectivity index (χ2v) is 6.78. The van der Waals surface area contributed by atoms with E-state index in [0.717, 1.165) is 26.2 Å². The van der Waals surface area contributed by atoms with Crippen molar-refractivity contribution in [2.75, 3.05) is 40.3 Å². The molecule has 1 fully saturated rings. The Morgan fingerprint density at radius 2 is 1.58 bits per heavy atom. The van der Waals surface area contributed by atoms with Crippen molar-refractivity contribution in [3.8, 4) is 0 Å². The zero-order valence-electron chi connectivity index (χ0n) is 15.3. The summed E-state index contributed by atoms with van der Waals surface area (Å²) in [5.74, 6) is -2.13. The molecule has 3 atom stereocenters. The monoisotopic (exact) mass is 345 g/mol. The molecule has 0 saturated carbocycles. The summed E-state index contributed by atoms with van der Waals surface area (Å²) in [5, 5.41) is 18.1. The van der Waals surface area contributed by atoms with E-state index in [4.69, 9.17) is 19.8 Å². The first-order valence-electron chi connectivity index (χ1n) is 8.17. The third kappa shape index (κ3) is 9.46. The molecule has 1 heterocycles. The van der Waals surface area contributed by atoms with Crippen molar-refractivity contribution in [2.45, 2.75) is 33.2 Å². The first-order chi connectivity index (χ1) is 11.0. The maximum atomic E-state index is 12.3. The van der Waals surface area contributed by atoms with Crippen molar-refractivity contribution < 1.29 is 24.6 Å². The Labute approximate surface area is 143 Å². The van der Waals surface area contributed by atoms with Gasteiger partial charge in [0.1, 0.15) is 0 Å². The van der Waals surface area contributed by atoms with Crippen LogP contribution < -0.4 is 5.32 Å². The number of nitrogens with one attached hydrogen (secondary N) is 1. The van der Waals surface area contributed by atoms with Gasteiger partial charge in [-0.3, -0.25) is 4.79 Å². The van der Waals surface area contributed by atoms with Crippen molar-refractivity contribution in [2.24, 2.45) is 11.8 Å². The molecule has 0 radical (unpaired) electrons. The average molecular weight is 345 g/mol. The smallest absolute Gasteiger partial charge is 0.414 e. The van der Waals surface area contributed by atoms with Crippen LogP contribution in [0.2, 0.25) is 0 Å². The number of rotatable bonds is 5. The Morgan fingerprint density at radius 3 is 1.96 bits per heavy atom. The highest BCUT2D eigenvalue weighted by atomic mass is 16.4. The Hall–Kier alpha value is -1.67. The van der Waals surface area contributed by atoms with Crippen LogP contribution in [-0.4, -0.2) is 84.2 Å². The summed E-state index contributed by atoms with van der Waals surface area (Å²) in [4.78, 5) is 34.7. The summed E-state index contributed by atoms with van der Waals surface area (Å²) in [5.41, 5.74) is 0. The van der Waals surface area contributed by atoms with Gasteiger partial charge in [-0.2, -0.15) is 0 Å². The quantitative estimate of drug-likeness (QED) is 0.610. The number of carbonyl (C=O) groups is 3. The van der Waals surface area contributed by atoms with E-state index in [1.807, 2.05) is 25.9 Å². The molecule has 0 aliphatic carbocycles. The van der Waals surface area contributed by atoms with Crippen LogP contribution in [-0.2, 0) is 14.4 Å². The SMILES string of the molecule is CC1CC(C)CN(C(=O)C(C)NCCN(C)C)C1.O=C(O)C(=O)O. The van der Waals surface area contributed by atoms with Crippen molar-refractivity contribution in [1.29, 1.82) is 0 Å². The van der Waals surface area contributed by atoms with Gasteiger partial charge in [-0.25, -0.2) is 9.59 Å². The van der Waals surface area contributed by atoms with Crippen LogP contribution in [0.3, 0.4) is 0 Å².